The molecule has 1 aromatic heterocycles. The molecule has 0 aliphatic rings. The summed E-state index contributed by atoms with van der Waals surface area (Å²) in [4.78, 5) is 16.1. The van der Waals surface area contributed by atoms with Gasteiger partial charge < -0.3 is 5.32 Å². The average molecular weight is 262 g/mol. The number of amides is 1. The van der Waals surface area contributed by atoms with Crippen LogP contribution in [0.5, 0.6) is 0 Å². The SMILES string of the molecule is O=C(Cc1ccccn1)Nc1ccc2ccccc2c1. The topological polar surface area (TPSA) is 42.0 Å². The van der Waals surface area contributed by atoms with Crippen LogP contribution in [-0.2, 0) is 11.2 Å². The molecule has 20 heavy (non-hydrogen) atoms. The van der Waals surface area contributed by atoms with E-state index in [1.807, 2.05) is 54.6 Å². The largest absolute Gasteiger partial charge is 0.326 e. The fourth-order valence-corrected chi connectivity index (χ4v) is 2.14. The zero-order valence-corrected chi connectivity index (χ0v) is 10.9. The van der Waals surface area contributed by atoms with Gasteiger partial charge in [0.15, 0.2) is 0 Å². The summed E-state index contributed by atoms with van der Waals surface area (Å²) in [5, 5.41) is 5.18. The lowest BCUT2D eigenvalue weighted by atomic mass is 10.1. The standard InChI is InChI=1S/C17H14N2O/c20-17(12-15-7-3-4-10-18-15)19-16-9-8-13-5-1-2-6-14(13)11-16/h1-11H,12H2,(H,19,20). The summed E-state index contributed by atoms with van der Waals surface area (Å²) < 4.78 is 0. The van der Waals surface area contributed by atoms with Gasteiger partial charge in [0.1, 0.15) is 0 Å². The van der Waals surface area contributed by atoms with E-state index in [0.717, 1.165) is 22.2 Å². The lowest BCUT2D eigenvalue weighted by molar-refractivity contribution is -0.115. The third-order valence-electron chi connectivity index (χ3n) is 3.10. The number of hydrogen-bond acceptors (Lipinski definition) is 2. The first-order valence-corrected chi connectivity index (χ1v) is 6.50. The van der Waals surface area contributed by atoms with Crippen molar-refractivity contribution in [3.63, 3.8) is 0 Å². The monoisotopic (exact) mass is 262 g/mol. The second-order valence-corrected chi connectivity index (χ2v) is 4.61. The molecular formula is C17H14N2O. The predicted octanol–water partition coefficient (Wildman–Crippen LogP) is 3.42. The molecule has 0 saturated carbocycles. The normalized spacial score (nSPS) is 10.4. The van der Waals surface area contributed by atoms with Crippen molar-refractivity contribution >= 4 is 22.4 Å². The van der Waals surface area contributed by atoms with Gasteiger partial charge in [-0.05, 0) is 35.0 Å². The minimum absolute atomic E-state index is 0.0565. The molecule has 3 nitrogen and oxygen atoms in total. The maximum absolute atomic E-state index is 12.0. The van der Waals surface area contributed by atoms with Crippen LogP contribution in [0.15, 0.2) is 66.9 Å². The summed E-state index contributed by atoms with van der Waals surface area (Å²) in [5.41, 5.74) is 1.58. The molecule has 3 heteroatoms. The van der Waals surface area contributed by atoms with E-state index < -0.39 is 0 Å². The highest BCUT2D eigenvalue weighted by Gasteiger charge is 2.05. The number of pyridine rings is 1. The number of anilines is 1. The smallest absolute Gasteiger partial charge is 0.230 e. The molecule has 2 aromatic carbocycles. The van der Waals surface area contributed by atoms with Gasteiger partial charge in [-0.2, -0.15) is 0 Å². The van der Waals surface area contributed by atoms with Crippen molar-refractivity contribution in [1.82, 2.24) is 4.98 Å². The number of benzene rings is 2. The zero-order chi connectivity index (χ0) is 13.8. The van der Waals surface area contributed by atoms with Gasteiger partial charge in [0.25, 0.3) is 0 Å². The first-order valence-electron chi connectivity index (χ1n) is 6.50. The van der Waals surface area contributed by atoms with E-state index in [-0.39, 0.29) is 12.3 Å². The summed E-state index contributed by atoms with van der Waals surface area (Å²) >= 11 is 0. The van der Waals surface area contributed by atoms with Crippen LogP contribution in [0, 0.1) is 0 Å². The van der Waals surface area contributed by atoms with Gasteiger partial charge in [-0.15, -0.1) is 0 Å². The van der Waals surface area contributed by atoms with E-state index in [9.17, 15) is 4.79 Å². The maximum atomic E-state index is 12.0. The van der Waals surface area contributed by atoms with E-state index in [4.69, 9.17) is 0 Å². The summed E-state index contributed by atoms with van der Waals surface area (Å²) in [6, 6.07) is 19.5. The lowest BCUT2D eigenvalue weighted by Gasteiger charge is -2.06. The molecule has 1 amide bonds. The van der Waals surface area contributed by atoms with Crippen molar-refractivity contribution in [2.45, 2.75) is 6.42 Å². The molecule has 0 unspecified atom stereocenters. The minimum Gasteiger partial charge on any atom is -0.326 e. The molecule has 98 valence electrons. The van der Waals surface area contributed by atoms with Crippen LogP contribution in [-0.4, -0.2) is 10.9 Å². The summed E-state index contributed by atoms with van der Waals surface area (Å²) in [6.07, 6.45) is 1.98. The Morgan fingerprint density at radius 1 is 0.950 bits per heavy atom. The zero-order valence-electron chi connectivity index (χ0n) is 10.9. The lowest BCUT2D eigenvalue weighted by Crippen LogP contribution is -2.14. The average Bonchev–Trinajstić information content (AvgIpc) is 2.48. The highest BCUT2D eigenvalue weighted by molar-refractivity contribution is 5.95. The number of nitrogens with zero attached hydrogens (tertiary/aromatic N) is 1. The van der Waals surface area contributed by atoms with Crippen LogP contribution in [0.1, 0.15) is 5.69 Å². The van der Waals surface area contributed by atoms with E-state index in [2.05, 4.69) is 16.4 Å². The number of carbonyl (C=O) groups is 1. The summed E-state index contributed by atoms with van der Waals surface area (Å²) in [7, 11) is 0. The number of carbonyl (C=O) groups excluding carboxylic acids is 1. The first kappa shape index (κ1) is 12.4. The molecule has 1 heterocycles. The number of fused-ring (bicyclic) bond motifs is 1. The third kappa shape index (κ3) is 2.83. The maximum Gasteiger partial charge on any atom is 0.230 e. The van der Waals surface area contributed by atoms with Gasteiger partial charge in [-0.25, -0.2) is 0 Å². The van der Waals surface area contributed by atoms with Gasteiger partial charge in [0.05, 0.1) is 6.42 Å². The van der Waals surface area contributed by atoms with Crippen LogP contribution in [0.25, 0.3) is 10.8 Å². The van der Waals surface area contributed by atoms with Crippen molar-refractivity contribution < 1.29 is 4.79 Å². The highest BCUT2D eigenvalue weighted by atomic mass is 16.1. The van der Waals surface area contributed by atoms with Crippen molar-refractivity contribution in [2.24, 2.45) is 0 Å². The van der Waals surface area contributed by atoms with Crippen LogP contribution in [0.3, 0.4) is 0 Å². The Morgan fingerprint density at radius 3 is 2.55 bits per heavy atom. The molecular weight excluding hydrogens is 248 g/mol. The molecule has 1 N–H and O–H groups in total. The second kappa shape index (κ2) is 5.53. The Kier molecular flexibility index (Phi) is 3.42. The summed E-state index contributed by atoms with van der Waals surface area (Å²) in [6.45, 7) is 0. The van der Waals surface area contributed by atoms with Crippen LogP contribution in [0.2, 0.25) is 0 Å². The van der Waals surface area contributed by atoms with E-state index in [0.29, 0.717) is 0 Å². The molecule has 0 spiro atoms. The van der Waals surface area contributed by atoms with Crippen molar-refractivity contribution in [3.8, 4) is 0 Å². The number of rotatable bonds is 3. The predicted molar refractivity (Wildman–Crippen MR) is 80.5 cm³/mol. The molecule has 3 aromatic rings. The fraction of sp³-hybridized carbons (Fsp3) is 0.0588. The molecule has 0 radical (unpaired) electrons. The van der Waals surface area contributed by atoms with Crippen LogP contribution in [0.4, 0.5) is 5.69 Å². The fourth-order valence-electron chi connectivity index (χ4n) is 2.14. The Bertz CT molecular complexity index is 738. The number of aromatic nitrogens is 1. The second-order valence-electron chi connectivity index (χ2n) is 4.61. The Hall–Kier alpha value is -2.68. The van der Waals surface area contributed by atoms with Gasteiger partial charge in [-0.1, -0.05) is 36.4 Å². The Morgan fingerprint density at radius 2 is 1.75 bits per heavy atom. The van der Waals surface area contributed by atoms with Crippen LogP contribution >= 0.6 is 0 Å². The third-order valence-corrected chi connectivity index (χ3v) is 3.10. The van der Waals surface area contributed by atoms with E-state index in [1.54, 1.807) is 6.20 Å². The Balaban J connectivity index is 1.74. The van der Waals surface area contributed by atoms with Gasteiger partial charge in [0.2, 0.25) is 5.91 Å². The van der Waals surface area contributed by atoms with Gasteiger partial charge in [0, 0.05) is 17.6 Å². The molecule has 3 rings (SSSR count). The first-order chi connectivity index (χ1) is 9.81. The molecule has 0 fully saturated rings. The van der Waals surface area contributed by atoms with Crippen molar-refractivity contribution in [1.29, 1.82) is 0 Å². The van der Waals surface area contributed by atoms with Crippen molar-refractivity contribution in [3.05, 3.63) is 72.6 Å². The highest BCUT2D eigenvalue weighted by Crippen LogP contribution is 2.18. The van der Waals surface area contributed by atoms with Gasteiger partial charge >= 0.3 is 0 Å². The molecule has 0 saturated heterocycles. The summed E-state index contributed by atoms with van der Waals surface area (Å²) in [5.74, 6) is -0.0565. The molecule has 0 bridgehead atoms. The number of hydrogen-bond donors (Lipinski definition) is 1. The molecule has 0 aliphatic carbocycles. The number of nitrogens with one attached hydrogen (secondary N) is 1. The quantitative estimate of drug-likeness (QED) is 0.786. The van der Waals surface area contributed by atoms with Gasteiger partial charge in [-0.3, -0.25) is 9.78 Å². The van der Waals surface area contributed by atoms with E-state index in [1.165, 1.54) is 0 Å². The minimum atomic E-state index is -0.0565. The molecule has 0 atom stereocenters. The van der Waals surface area contributed by atoms with Crippen molar-refractivity contribution in [2.75, 3.05) is 5.32 Å². The van der Waals surface area contributed by atoms with Crippen LogP contribution < -0.4 is 5.32 Å². The Labute approximate surface area is 117 Å². The molecule has 0 aliphatic heterocycles. The van der Waals surface area contributed by atoms with E-state index >= 15 is 0 Å².